The van der Waals surface area contributed by atoms with Crippen LogP contribution in [-0.4, -0.2) is 40.1 Å². The maximum Gasteiger partial charge on any atom is 0.195 e. The van der Waals surface area contributed by atoms with Crippen molar-refractivity contribution in [2.45, 2.75) is 38.2 Å². The summed E-state index contributed by atoms with van der Waals surface area (Å²) in [6.07, 6.45) is 4.42. The number of carbonyl (C=O) groups is 1. The lowest BCUT2D eigenvalue weighted by Crippen LogP contribution is -2.34. The number of hydrogen-bond donors (Lipinski definition) is 0. The van der Waals surface area contributed by atoms with Gasteiger partial charge in [0.15, 0.2) is 5.78 Å². The normalized spacial score (nSPS) is 18.8. The van der Waals surface area contributed by atoms with Gasteiger partial charge in [0.2, 0.25) is 0 Å². The first kappa shape index (κ1) is 21.1. The van der Waals surface area contributed by atoms with Crippen molar-refractivity contribution in [3.05, 3.63) is 63.3 Å². The molecule has 0 amide bonds. The average Bonchev–Trinajstić information content (AvgIpc) is 3.06. The molecule has 1 aromatic heterocycles. The van der Waals surface area contributed by atoms with Gasteiger partial charge in [-0.1, -0.05) is 47.8 Å². The molecular weight excluding hydrogens is 472 g/mol. The van der Waals surface area contributed by atoms with Crippen LogP contribution in [-0.2, 0) is 12.5 Å². The molecule has 0 saturated carbocycles. The second-order valence-electron chi connectivity index (χ2n) is 9.03. The van der Waals surface area contributed by atoms with Crippen LogP contribution in [0.15, 0.2) is 40.9 Å². The molecule has 1 aliphatic heterocycles. The summed E-state index contributed by atoms with van der Waals surface area (Å²) in [4.78, 5) is 13.6. The molecule has 5 rings (SSSR count). The molecule has 31 heavy (non-hydrogen) atoms. The predicted octanol–water partition coefficient (Wildman–Crippen LogP) is 5.93. The zero-order chi connectivity index (χ0) is 21.9. The monoisotopic (exact) mass is 498 g/mol. The summed E-state index contributed by atoms with van der Waals surface area (Å²) < 4.78 is 12.0. The van der Waals surface area contributed by atoms with Crippen molar-refractivity contribution in [2.75, 3.05) is 19.3 Å². The number of rotatable bonds is 3. The van der Waals surface area contributed by atoms with Crippen LogP contribution in [0.5, 0.6) is 5.75 Å². The summed E-state index contributed by atoms with van der Waals surface area (Å²) in [5, 5.41) is 1.02. The minimum Gasteiger partial charge on any atom is -0.490 e. The molecule has 1 fully saturated rings. The summed E-state index contributed by atoms with van der Waals surface area (Å²) >= 11 is 5.38. The SMILES string of the molecule is CSN1CCC(Oc2ccc3c(c2)C(C)(C)c2c(c4ccc(Br)cc4n2C)C3=O)CC1. The van der Waals surface area contributed by atoms with Crippen molar-refractivity contribution >= 4 is 44.6 Å². The Morgan fingerprint density at radius 3 is 2.58 bits per heavy atom. The Labute approximate surface area is 196 Å². The van der Waals surface area contributed by atoms with Gasteiger partial charge in [-0.25, -0.2) is 0 Å². The first-order valence-corrected chi connectivity index (χ1v) is 12.7. The number of nitrogens with zero attached hydrogens (tertiary/aromatic N) is 2. The molecule has 1 aliphatic carbocycles. The second-order valence-corrected chi connectivity index (χ2v) is 10.8. The van der Waals surface area contributed by atoms with Gasteiger partial charge in [0, 0.05) is 52.2 Å². The van der Waals surface area contributed by atoms with Gasteiger partial charge in [-0.15, -0.1) is 0 Å². The van der Waals surface area contributed by atoms with Crippen LogP contribution in [0.2, 0.25) is 0 Å². The van der Waals surface area contributed by atoms with E-state index in [-0.39, 0.29) is 17.3 Å². The quantitative estimate of drug-likeness (QED) is 0.419. The number of aromatic nitrogens is 1. The van der Waals surface area contributed by atoms with E-state index < -0.39 is 0 Å². The molecule has 2 aliphatic rings. The lowest BCUT2D eigenvalue weighted by atomic mass is 9.71. The number of carbonyl (C=O) groups excluding carboxylic acids is 1. The molecule has 0 atom stereocenters. The topological polar surface area (TPSA) is 34.5 Å². The summed E-state index contributed by atoms with van der Waals surface area (Å²) in [5.41, 5.74) is 4.52. The fraction of sp³-hybridized carbons (Fsp3) is 0.400. The van der Waals surface area contributed by atoms with Crippen LogP contribution in [0, 0.1) is 0 Å². The molecule has 0 radical (unpaired) electrons. The minimum atomic E-state index is -0.305. The number of fused-ring (bicyclic) bond motifs is 4. The van der Waals surface area contributed by atoms with Gasteiger partial charge in [0.1, 0.15) is 11.9 Å². The predicted molar refractivity (Wildman–Crippen MR) is 131 cm³/mol. The van der Waals surface area contributed by atoms with Crippen LogP contribution < -0.4 is 4.74 Å². The van der Waals surface area contributed by atoms with E-state index in [1.807, 2.05) is 18.2 Å². The van der Waals surface area contributed by atoms with E-state index in [0.717, 1.165) is 69.4 Å². The second kappa shape index (κ2) is 7.68. The highest BCUT2D eigenvalue weighted by molar-refractivity contribution is 9.10. The number of halogens is 1. The Morgan fingerprint density at radius 1 is 1.13 bits per heavy atom. The molecule has 2 heterocycles. The Balaban J connectivity index is 1.55. The van der Waals surface area contributed by atoms with Crippen molar-refractivity contribution in [1.29, 1.82) is 0 Å². The molecule has 0 N–H and O–H groups in total. The van der Waals surface area contributed by atoms with Crippen LogP contribution in [0.1, 0.15) is 53.9 Å². The molecule has 6 heteroatoms. The molecule has 4 nitrogen and oxygen atoms in total. The van der Waals surface area contributed by atoms with Crippen molar-refractivity contribution in [3.63, 3.8) is 0 Å². The number of benzene rings is 2. The van der Waals surface area contributed by atoms with Crippen LogP contribution in [0.25, 0.3) is 10.9 Å². The molecular formula is C25H27BrN2O2S. The lowest BCUT2D eigenvalue weighted by Gasteiger charge is -2.34. The maximum atomic E-state index is 13.6. The van der Waals surface area contributed by atoms with Crippen molar-refractivity contribution in [1.82, 2.24) is 8.87 Å². The van der Waals surface area contributed by atoms with E-state index in [4.69, 9.17) is 4.74 Å². The fourth-order valence-electron chi connectivity index (χ4n) is 5.27. The van der Waals surface area contributed by atoms with E-state index in [1.165, 1.54) is 0 Å². The smallest absolute Gasteiger partial charge is 0.195 e. The average molecular weight is 499 g/mol. The third-order valence-electron chi connectivity index (χ3n) is 6.85. The van der Waals surface area contributed by atoms with Crippen LogP contribution >= 0.6 is 27.9 Å². The largest absolute Gasteiger partial charge is 0.490 e. The summed E-state index contributed by atoms with van der Waals surface area (Å²) in [6.45, 7) is 6.53. The van der Waals surface area contributed by atoms with E-state index >= 15 is 0 Å². The third-order valence-corrected chi connectivity index (χ3v) is 8.23. The molecule has 0 spiro atoms. The Kier molecular flexibility index (Phi) is 5.23. The molecule has 3 aromatic rings. The first-order valence-electron chi connectivity index (χ1n) is 10.7. The van der Waals surface area contributed by atoms with Crippen molar-refractivity contribution < 1.29 is 9.53 Å². The molecule has 0 bridgehead atoms. The maximum absolute atomic E-state index is 13.6. The Morgan fingerprint density at radius 2 is 1.87 bits per heavy atom. The van der Waals surface area contributed by atoms with Gasteiger partial charge >= 0.3 is 0 Å². The Bertz CT molecular complexity index is 1190. The zero-order valence-electron chi connectivity index (χ0n) is 18.4. The van der Waals surface area contributed by atoms with Crippen LogP contribution in [0.3, 0.4) is 0 Å². The number of aryl methyl sites for hydroxylation is 1. The van der Waals surface area contributed by atoms with Gasteiger partial charge in [-0.2, -0.15) is 0 Å². The standard InChI is InChI=1S/C25H27BrN2O2S/c1-25(2)20-14-17(30-16-9-11-28(31-4)12-10-16)6-8-18(20)23(29)22-19-7-5-15(26)13-21(19)27(3)24(22)25/h5-8,13-14,16H,9-12H2,1-4H3. The molecule has 0 unspecified atom stereocenters. The van der Waals surface area contributed by atoms with E-state index in [2.05, 4.69) is 70.2 Å². The number of ether oxygens (including phenoxy) is 1. The van der Waals surface area contributed by atoms with Crippen molar-refractivity contribution in [2.24, 2.45) is 7.05 Å². The molecule has 1 saturated heterocycles. The highest BCUT2D eigenvalue weighted by atomic mass is 79.9. The van der Waals surface area contributed by atoms with Crippen molar-refractivity contribution in [3.8, 4) is 5.75 Å². The van der Waals surface area contributed by atoms with E-state index in [0.29, 0.717) is 0 Å². The fourth-order valence-corrected chi connectivity index (χ4v) is 6.19. The summed E-state index contributed by atoms with van der Waals surface area (Å²) in [7, 11) is 2.06. The van der Waals surface area contributed by atoms with E-state index in [9.17, 15) is 4.79 Å². The number of ketones is 1. The minimum absolute atomic E-state index is 0.108. The highest BCUT2D eigenvalue weighted by Crippen LogP contribution is 2.46. The summed E-state index contributed by atoms with van der Waals surface area (Å²) in [6, 6.07) is 12.2. The molecule has 2 aromatic carbocycles. The zero-order valence-corrected chi connectivity index (χ0v) is 20.8. The number of piperidine rings is 1. The van der Waals surface area contributed by atoms with Gasteiger partial charge < -0.3 is 9.30 Å². The van der Waals surface area contributed by atoms with Gasteiger partial charge in [0.05, 0.1) is 5.56 Å². The third kappa shape index (κ3) is 3.35. The Hall–Kier alpha value is -1.76. The van der Waals surface area contributed by atoms with Gasteiger partial charge in [-0.3, -0.25) is 9.10 Å². The lowest BCUT2D eigenvalue weighted by molar-refractivity contribution is 0.103. The molecule has 162 valence electrons. The van der Waals surface area contributed by atoms with Gasteiger partial charge in [-0.05, 0) is 55.0 Å². The van der Waals surface area contributed by atoms with Crippen LogP contribution in [0.4, 0.5) is 0 Å². The first-order chi connectivity index (χ1) is 14.8. The van der Waals surface area contributed by atoms with Gasteiger partial charge in [0.25, 0.3) is 0 Å². The van der Waals surface area contributed by atoms with E-state index in [1.54, 1.807) is 11.9 Å². The number of hydrogen-bond acceptors (Lipinski definition) is 4. The highest BCUT2D eigenvalue weighted by Gasteiger charge is 2.41. The summed E-state index contributed by atoms with van der Waals surface area (Å²) in [5.74, 6) is 0.976.